The maximum absolute atomic E-state index is 5.62. The number of aryl methyl sites for hydroxylation is 1. The summed E-state index contributed by atoms with van der Waals surface area (Å²) >= 11 is 0. The highest BCUT2D eigenvalue weighted by atomic mass is 16.5. The molecule has 25 heavy (non-hydrogen) atoms. The van der Waals surface area contributed by atoms with Crippen molar-refractivity contribution in [2.75, 3.05) is 7.11 Å². The second-order valence-corrected chi connectivity index (χ2v) is 5.84. The third-order valence-electron chi connectivity index (χ3n) is 4.31. The van der Waals surface area contributed by atoms with Crippen LogP contribution in [0.1, 0.15) is 29.7 Å². The highest BCUT2D eigenvalue weighted by Gasteiger charge is 2.27. The van der Waals surface area contributed by atoms with E-state index in [1.807, 2.05) is 68.4 Å². The van der Waals surface area contributed by atoms with E-state index in [0.717, 1.165) is 39.6 Å². The smallest absolute Gasteiger partial charge is 0.138 e. The molecule has 2 aromatic carbocycles. The summed E-state index contributed by atoms with van der Waals surface area (Å²) < 4.78 is 10.8. The molecule has 3 rings (SSSR count). The Kier molecular flexibility index (Phi) is 4.84. The normalized spacial score (nSPS) is 12.8. The summed E-state index contributed by atoms with van der Waals surface area (Å²) in [6.45, 7) is 3.82. The maximum Gasteiger partial charge on any atom is 0.138 e. The van der Waals surface area contributed by atoms with Gasteiger partial charge in [0.25, 0.3) is 0 Å². The standard InChI is InChI=1S/C20H21N3O2/c1-13(22-21)18(15-9-11-17(24-3)12-10-15)19-14(2)25-23-20(19)16-7-5-4-6-8-16/h4-12,18H,21H2,1-3H3. The third-order valence-corrected chi connectivity index (χ3v) is 4.31. The highest BCUT2D eigenvalue weighted by Crippen LogP contribution is 2.36. The second kappa shape index (κ2) is 7.21. The molecule has 0 radical (unpaired) electrons. The van der Waals surface area contributed by atoms with Gasteiger partial charge >= 0.3 is 0 Å². The molecule has 1 heterocycles. The number of nitrogens with zero attached hydrogens (tertiary/aromatic N) is 2. The number of benzene rings is 2. The third kappa shape index (κ3) is 3.26. The van der Waals surface area contributed by atoms with E-state index < -0.39 is 0 Å². The zero-order valence-electron chi connectivity index (χ0n) is 14.6. The largest absolute Gasteiger partial charge is 0.497 e. The van der Waals surface area contributed by atoms with Gasteiger partial charge in [0.15, 0.2) is 0 Å². The van der Waals surface area contributed by atoms with Gasteiger partial charge in [0.2, 0.25) is 0 Å². The Morgan fingerprint density at radius 3 is 2.40 bits per heavy atom. The Morgan fingerprint density at radius 1 is 1.12 bits per heavy atom. The summed E-state index contributed by atoms with van der Waals surface area (Å²) in [4.78, 5) is 0. The van der Waals surface area contributed by atoms with Gasteiger partial charge < -0.3 is 15.1 Å². The van der Waals surface area contributed by atoms with Gasteiger partial charge in [-0.1, -0.05) is 47.6 Å². The van der Waals surface area contributed by atoms with E-state index >= 15 is 0 Å². The number of hydrazone groups is 1. The Hall–Kier alpha value is -3.08. The van der Waals surface area contributed by atoms with E-state index in [1.54, 1.807) is 7.11 Å². The van der Waals surface area contributed by atoms with Crippen LogP contribution in [0.3, 0.4) is 0 Å². The summed E-state index contributed by atoms with van der Waals surface area (Å²) in [5.41, 5.74) is 4.62. The molecule has 0 spiro atoms. The molecule has 0 fully saturated rings. The van der Waals surface area contributed by atoms with Crippen LogP contribution in [0.5, 0.6) is 5.75 Å². The molecule has 2 N–H and O–H groups in total. The molecule has 3 aromatic rings. The van der Waals surface area contributed by atoms with Gasteiger partial charge in [-0.25, -0.2) is 0 Å². The lowest BCUT2D eigenvalue weighted by Gasteiger charge is -2.18. The Bertz CT molecular complexity index is 868. The summed E-state index contributed by atoms with van der Waals surface area (Å²) in [5.74, 6) is 7.04. The summed E-state index contributed by atoms with van der Waals surface area (Å²) in [7, 11) is 1.65. The van der Waals surface area contributed by atoms with E-state index in [4.69, 9.17) is 15.1 Å². The number of hydrogen-bond acceptors (Lipinski definition) is 5. The maximum atomic E-state index is 5.62. The first-order valence-electron chi connectivity index (χ1n) is 8.05. The molecule has 1 aromatic heterocycles. The summed E-state index contributed by atoms with van der Waals surface area (Å²) in [5, 5.41) is 8.24. The predicted molar refractivity (Wildman–Crippen MR) is 98.8 cm³/mol. The molecule has 0 saturated carbocycles. The van der Waals surface area contributed by atoms with Gasteiger partial charge in [0.1, 0.15) is 17.2 Å². The Morgan fingerprint density at radius 2 is 1.80 bits per heavy atom. The average molecular weight is 335 g/mol. The van der Waals surface area contributed by atoms with E-state index in [9.17, 15) is 0 Å². The van der Waals surface area contributed by atoms with Crippen LogP contribution in [0, 0.1) is 6.92 Å². The zero-order valence-corrected chi connectivity index (χ0v) is 14.6. The lowest BCUT2D eigenvalue weighted by atomic mass is 9.85. The fraction of sp³-hybridized carbons (Fsp3) is 0.200. The Balaban J connectivity index is 2.16. The van der Waals surface area contributed by atoms with E-state index in [1.165, 1.54) is 0 Å². The first kappa shape index (κ1) is 16.8. The van der Waals surface area contributed by atoms with Crippen molar-refractivity contribution in [3.05, 3.63) is 71.5 Å². The molecule has 0 saturated heterocycles. The number of rotatable bonds is 5. The molecule has 0 aliphatic heterocycles. The number of methoxy groups -OCH3 is 1. The fourth-order valence-electron chi connectivity index (χ4n) is 3.01. The van der Waals surface area contributed by atoms with E-state index in [2.05, 4.69) is 10.3 Å². The van der Waals surface area contributed by atoms with Crippen LogP contribution in [0.2, 0.25) is 0 Å². The van der Waals surface area contributed by atoms with Crippen molar-refractivity contribution in [2.24, 2.45) is 10.9 Å². The average Bonchev–Trinajstić information content (AvgIpc) is 3.04. The van der Waals surface area contributed by atoms with E-state index in [0.29, 0.717) is 0 Å². The van der Waals surface area contributed by atoms with Gasteiger partial charge in [0, 0.05) is 16.8 Å². The zero-order chi connectivity index (χ0) is 17.8. The van der Waals surface area contributed by atoms with Crippen LogP contribution in [-0.4, -0.2) is 18.0 Å². The molecule has 128 valence electrons. The molecule has 0 aliphatic carbocycles. The molecule has 1 atom stereocenters. The Labute approximate surface area is 147 Å². The SMILES string of the molecule is COc1ccc(C(C(C)=NN)c2c(-c3ccccc3)noc2C)cc1. The fourth-order valence-corrected chi connectivity index (χ4v) is 3.01. The summed E-state index contributed by atoms with van der Waals surface area (Å²) in [6, 6.07) is 17.9. The van der Waals surface area contributed by atoms with Crippen molar-refractivity contribution < 1.29 is 9.26 Å². The van der Waals surface area contributed by atoms with Crippen LogP contribution >= 0.6 is 0 Å². The number of aromatic nitrogens is 1. The molecule has 0 amide bonds. The van der Waals surface area contributed by atoms with Gasteiger partial charge in [-0.2, -0.15) is 5.10 Å². The van der Waals surface area contributed by atoms with Crippen LogP contribution in [0.25, 0.3) is 11.3 Å². The molecule has 0 bridgehead atoms. The molecule has 5 heteroatoms. The lowest BCUT2D eigenvalue weighted by molar-refractivity contribution is 0.398. The monoisotopic (exact) mass is 335 g/mol. The molecule has 0 aliphatic rings. The lowest BCUT2D eigenvalue weighted by Crippen LogP contribution is -2.14. The van der Waals surface area contributed by atoms with Gasteiger partial charge in [0.05, 0.1) is 13.0 Å². The first-order valence-corrected chi connectivity index (χ1v) is 8.05. The van der Waals surface area contributed by atoms with Crippen molar-refractivity contribution in [3.63, 3.8) is 0 Å². The predicted octanol–water partition coefficient (Wildman–Crippen LogP) is 4.13. The minimum absolute atomic E-state index is 0.141. The van der Waals surface area contributed by atoms with Crippen molar-refractivity contribution in [3.8, 4) is 17.0 Å². The first-order chi connectivity index (χ1) is 12.2. The van der Waals surface area contributed by atoms with Gasteiger partial charge in [-0.3, -0.25) is 0 Å². The van der Waals surface area contributed by atoms with E-state index in [-0.39, 0.29) is 5.92 Å². The van der Waals surface area contributed by atoms with Crippen molar-refractivity contribution in [1.82, 2.24) is 5.16 Å². The second-order valence-electron chi connectivity index (χ2n) is 5.84. The van der Waals surface area contributed by atoms with Crippen LogP contribution in [0.15, 0.2) is 64.2 Å². The van der Waals surface area contributed by atoms with Gasteiger partial charge in [-0.05, 0) is 31.5 Å². The van der Waals surface area contributed by atoms with Crippen LogP contribution in [0.4, 0.5) is 0 Å². The number of nitrogens with two attached hydrogens (primary N) is 1. The molecule has 5 nitrogen and oxygen atoms in total. The molecule has 1 unspecified atom stereocenters. The number of hydrogen-bond donors (Lipinski definition) is 1. The summed E-state index contributed by atoms with van der Waals surface area (Å²) in [6.07, 6.45) is 0. The van der Waals surface area contributed by atoms with Crippen molar-refractivity contribution >= 4 is 5.71 Å². The van der Waals surface area contributed by atoms with Crippen molar-refractivity contribution in [1.29, 1.82) is 0 Å². The minimum Gasteiger partial charge on any atom is -0.497 e. The molecular formula is C20H21N3O2. The number of ether oxygens (including phenoxy) is 1. The minimum atomic E-state index is -0.141. The van der Waals surface area contributed by atoms with Crippen LogP contribution in [-0.2, 0) is 0 Å². The molecular weight excluding hydrogens is 314 g/mol. The quantitative estimate of drug-likeness (QED) is 0.432. The van der Waals surface area contributed by atoms with Crippen LogP contribution < -0.4 is 10.6 Å². The van der Waals surface area contributed by atoms with Crippen molar-refractivity contribution in [2.45, 2.75) is 19.8 Å². The highest BCUT2D eigenvalue weighted by molar-refractivity contribution is 5.93. The topological polar surface area (TPSA) is 73.6 Å². The van der Waals surface area contributed by atoms with Gasteiger partial charge in [-0.15, -0.1) is 0 Å².